The van der Waals surface area contributed by atoms with E-state index in [4.69, 9.17) is 28.2 Å². The number of anilines is 1. The average molecular weight is 553 g/mol. The van der Waals surface area contributed by atoms with E-state index in [0.29, 0.717) is 27.0 Å². The van der Waals surface area contributed by atoms with Crippen molar-refractivity contribution in [3.63, 3.8) is 0 Å². The molecule has 0 saturated carbocycles. The molecule has 3 aromatic carbocycles. The van der Waals surface area contributed by atoms with E-state index in [0.717, 1.165) is 37.1 Å². The predicted molar refractivity (Wildman–Crippen MR) is 153 cm³/mol. The van der Waals surface area contributed by atoms with Crippen LogP contribution in [-0.2, 0) is 9.59 Å². The van der Waals surface area contributed by atoms with Gasteiger partial charge in [-0.2, -0.15) is 0 Å². The number of hydrogen-bond donors (Lipinski definition) is 2. The number of nitrogens with zero attached hydrogens (tertiary/aromatic N) is 2. The van der Waals surface area contributed by atoms with E-state index in [9.17, 15) is 14.7 Å². The van der Waals surface area contributed by atoms with Crippen LogP contribution in [0.25, 0.3) is 0 Å². The average Bonchev–Trinajstić information content (AvgIpc) is 3.30. The normalized spacial score (nSPS) is 18.8. The topological polar surface area (TPSA) is 82.0 Å². The van der Waals surface area contributed by atoms with Crippen LogP contribution < -0.4 is 5.32 Å². The number of nitrogens with one attached hydrogen (secondary N) is 1. The predicted octanol–water partition coefficient (Wildman–Crippen LogP) is 6.86. The van der Waals surface area contributed by atoms with Crippen LogP contribution in [0.1, 0.15) is 55.8 Å². The summed E-state index contributed by atoms with van der Waals surface area (Å²) in [5.74, 6) is -1.07. The Morgan fingerprint density at radius 1 is 1.05 bits per heavy atom. The maximum atomic E-state index is 13.6. The largest absolute Gasteiger partial charge is 0.481 e. The Morgan fingerprint density at radius 2 is 1.74 bits per heavy atom. The van der Waals surface area contributed by atoms with Gasteiger partial charge in [-0.15, -0.1) is 0 Å². The van der Waals surface area contributed by atoms with Crippen molar-refractivity contribution in [2.75, 3.05) is 18.4 Å². The van der Waals surface area contributed by atoms with Gasteiger partial charge >= 0.3 is 5.97 Å². The van der Waals surface area contributed by atoms with E-state index in [1.165, 1.54) is 0 Å². The molecule has 0 bridgehead atoms. The fourth-order valence-corrected chi connectivity index (χ4v) is 5.30. The van der Waals surface area contributed by atoms with E-state index in [1.807, 2.05) is 37.3 Å². The molecule has 1 fully saturated rings. The van der Waals surface area contributed by atoms with Gasteiger partial charge in [0, 0.05) is 21.2 Å². The van der Waals surface area contributed by atoms with Gasteiger partial charge in [0.2, 0.25) is 5.91 Å². The molecular weight excluding hydrogens is 521 g/mol. The van der Waals surface area contributed by atoms with Gasteiger partial charge in [-0.05, 0) is 68.8 Å². The summed E-state index contributed by atoms with van der Waals surface area (Å²) in [7, 11) is 0. The molecule has 1 amide bonds. The third kappa shape index (κ3) is 6.26. The highest BCUT2D eigenvalue weighted by atomic mass is 35.5. The van der Waals surface area contributed by atoms with Crippen LogP contribution in [0.5, 0.6) is 0 Å². The lowest BCUT2D eigenvalue weighted by atomic mass is 9.95. The van der Waals surface area contributed by atoms with Gasteiger partial charge in [0.1, 0.15) is 0 Å². The monoisotopic (exact) mass is 551 g/mol. The number of aliphatic carboxylic acids is 1. The Kier molecular flexibility index (Phi) is 8.87. The summed E-state index contributed by atoms with van der Waals surface area (Å²) in [6, 6.07) is 21.1. The number of rotatable bonds is 9. The van der Waals surface area contributed by atoms with Crippen molar-refractivity contribution < 1.29 is 14.7 Å². The fraction of sp³-hybridized carbons (Fsp3) is 0.300. The Hall–Kier alpha value is -3.19. The number of halogens is 2. The maximum Gasteiger partial charge on any atom is 0.305 e. The molecule has 2 atom stereocenters. The van der Waals surface area contributed by atoms with Crippen molar-refractivity contribution in [2.24, 2.45) is 4.99 Å². The van der Waals surface area contributed by atoms with Crippen molar-refractivity contribution in [3.8, 4) is 0 Å². The molecule has 0 radical (unpaired) electrons. The highest BCUT2D eigenvalue weighted by Gasteiger charge is 2.42. The number of carboxylic acids is 1. The van der Waals surface area contributed by atoms with Crippen LogP contribution in [0.3, 0.4) is 0 Å². The van der Waals surface area contributed by atoms with Gasteiger partial charge in [-0.3, -0.25) is 19.5 Å². The molecule has 2 N–H and O–H groups in total. The summed E-state index contributed by atoms with van der Waals surface area (Å²) in [5, 5.41) is 13.9. The Labute approximate surface area is 233 Å². The van der Waals surface area contributed by atoms with E-state index in [1.54, 1.807) is 42.5 Å². The zero-order valence-corrected chi connectivity index (χ0v) is 23.0. The van der Waals surface area contributed by atoms with Gasteiger partial charge in [0.25, 0.3) is 0 Å². The second kappa shape index (κ2) is 12.1. The second-order valence-corrected chi connectivity index (χ2v) is 10.5. The smallest absolute Gasteiger partial charge is 0.305 e. The summed E-state index contributed by atoms with van der Waals surface area (Å²) in [6.45, 7) is 5.70. The number of carbonyl (C=O) groups is 2. The summed E-state index contributed by atoms with van der Waals surface area (Å²) in [6.07, 6.45) is 1.51. The van der Waals surface area contributed by atoms with Crippen molar-refractivity contribution >= 4 is 46.5 Å². The standard InChI is InChI=1S/C30H31Cl2N3O3/c1-3-35-17-7-16-30(35,2)29(38)34-25-15-14-23(32)18-24(25)28(21-8-5-4-6-9-21)33-26(19-27(36)37)20-10-12-22(31)13-11-20/h4-6,8-15,18,26H,3,7,16-17,19H2,1-2H3,(H,34,38)(H,36,37)/t26-,30+/m0/s1. The van der Waals surface area contributed by atoms with Crippen molar-refractivity contribution in [1.29, 1.82) is 0 Å². The number of amides is 1. The molecule has 6 nitrogen and oxygen atoms in total. The second-order valence-electron chi connectivity index (χ2n) is 9.61. The molecule has 0 aromatic heterocycles. The number of hydrogen-bond acceptors (Lipinski definition) is 4. The lowest BCUT2D eigenvalue weighted by Gasteiger charge is -2.33. The minimum atomic E-state index is -0.977. The first-order chi connectivity index (χ1) is 18.2. The number of carbonyl (C=O) groups excluding carboxylic acids is 1. The molecule has 0 unspecified atom stereocenters. The Balaban J connectivity index is 1.83. The first-order valence-corrected chi connectivity index (χ1v) is 13.4. The van der Waals surface area contributed by atoms with Crippen LogP contribution in [0, 0.1) is 0 Å². The molecule has 4 rings (SSSR count). The van der Waals surface area contributed by atoms with Crippen molar-refractivity contribution in [1.82, 2.24) is 4.90 Å². The lowest BCUT2D eigenvalue weighted by molar-refractivity contribution is -0.137. The quantitative estimate of drug-likeness (QED) is 0.284. The molecule has 198 valence electrons. The number of likely N-dealkylation sites (tertiary alicyclic amines) is 1. The maximum absolute atomic E-state index is 13.6. The van der Waals surface area contributed by atoms with Crippen molar-refractivity contribution in [3.05, 3.63) is 99.5 Å². The summed E-state index contributed by atoms with van der Waals surface area (Å²) in [5.41, 5.74) is 2.59. The third-order valence-electron chi connectivity index (χ3n) is 7.10. The van der Waals surface area contributed by atoms with Crippen LogP contribution in [0.2, 0.25) is 10.0 Å². The zero-order valence-electron chi connectivity index (χ0n) is 21.5. The fourth-order valence-electron chi connectivity index (χ4n) is 5.00. The van der Waals surface area contributed by atoms with Gasteiger partial charge in [0.15, 0.2) is 0 Å². The van der Waals surface area contributed by atoms with E-state index in [2.05, 4.69) is 17.1 Å². The molecule has 0 aliphatic carbocycles. The number of benzene rings is 3. The Morgan fingerprint density at radius 3 is 2.39 bits per heavy atom. The molecule has 0 spiro atoms. The van der Waals surface area contributed by atoms with Crippen LogP contribution in [0.15, 0.2) is 77.8 Å². The molecule has 1 heterocycles. The van der Waals surface area contributed by atoms with Gasteiger partial charge in [0.05, 0.1) is 29.4 Å². The van der Waals surface area contributed by atoms with E-state index < -0.39 is 17.6 Å². The number of aliphatic imine (C=N–C) groups is 1. The Bertz CT molecular complexity index is 1330. The van der Waals surface area contributed by atoms with Gasteiger partial charge in [-0.1, -0.05) is 72.6 Å². The van der Waals surface area contributed by atoms with Gasteiger partial charge in [-0.25, -0.2) is 0 Å². The van der Waals surface area contributed by atoms with E-state index in [-0.39, 0.29) is 12.3 Å². The molecule has 1 aliphatic heterocycles. The SMILES string of the molecule is CCN1CCC[C@]1(C)C(=O)Nc1ccc(Cl)cc1C(=N[C@@H](CC(=O)O)c1ccc(Cl)cc1)c1ccccc1. The molecule has 8 heteroatoms. The first kappa shape index (κ1) is 27.8. The van der Waals surface area contributed by atoms with Crippen LogP contribution in [0.4, 0.5) is 5.69 Å². The highest BCUT2D eigenvalue weighted by Crippen LogP contribution is 2.33. The highest BCUT2D eigenvalue weighted by molar-refractivity contribution is 6.32. The summed E-state index contributed by atoms with van der Waals surface area (Å²) in [4.78, 5) is 32.6. The zero-order chi connectivity index (χ0) is 27.3. The molecule has 38 heavy (non-hydrogen) atoms. The summed E-state index contributed by atoms with van der Waals surface area (Å²) < 4.78 is 0. The molecule has 3 aromatic rings. The van der Waals surface area contributed by atoms with Crippen LogP contribution >= 0.6 is 23.2 Å². The molecule has 1 saturated heterocycles. The molecule has 1 aliphatic rings. The third-order valence-corrected chi connectivity index (χ3v) is 7.59. The van der Waals surface area contributed by atoms with Crippen LogP contribution in [-0.4, -0.2) is 46.2 Å². The van der Waals surface area contributed by atoms with E-state index >= 15 is 0 Å². The van der Waals surface area contributed by atoms with Crippen molar-refractivity contribution in [2.45, 2.75) is 44.7 Å². The number of likely N-dealkylation sites (N-methyl/N-ethyl adjacent to an activating group) is 1. The lowest BCUT2D eigenvalue weighted by Crippen LogP contribution is -2.50. The molecular formula is C30H31Cl2N3O3. The minimum absolute atomic E-state index is 0.0902. The number of carboxylic acid groups (broad SMARTS) is 1. The minimum Gasteiger partial charge on any atom is -0.481 e. The summed E-state index contributed by atoms with van der Waals surface area (Å²) >= 11 is 12.5. The first-order valence-electron chi connectivity index (χ1n) is 12.7. The van der Waals surface area contributed by atoms with Gasteiger partial charge < -0.3 is 10.4 Å².